The topological polar surface area (TPSA) is 482 Å². The number of aliphatic hydroxyl groups excluding tert-OH is 7. The highest BCUT2D eigenvalue weighted by Crippen LogP contribution is 2.35. The van der Waals surface area contributed by atoms with E-state index in [-0.39, 0.29) is 23.5 Å². The number of phenols is 1. The molecule has 36 heteroatoms. The van der Waals surface area contributed by atoms with E-state index in [1.807, 2.05) is 36.0 Å². The number of carbonyl (C=O) groups excluding carboxylic acids is 8. The van der Waals surface area contributed by atoms with Crippen molar-refractivity contribution < 1.29 is 103 Å². The van der Waals surface area contributed by atoms with E-state index in [9.17, 15) is 79.2 Å². The van der Waals surface area contributed by atoms with E-state index < -0.39 is 183 Å². The molecule has 0 spiro atoms. The minimum atomic E-state index is -2.53. The standard InChI is InChI=1S/C61H78N12O21S3/c1-30-27-72-49(50(30)80)57(87)63-26-36(75)23-39(64-53(83)33-8-6-32(7-9-33)40-29-73-61(65-40)96-58(69-73)34-10-13-38(14-11-34)91-19-5-3-4-16-70-17-20-95-21-18-70)54(84)66-46(31(2)74)59(88)71-28-37(76)24-41(71)55(85)68-48(56(86)67-47(60(72)89)43(78)25-45(62)79)52(82)51(81)35-12-15-42(77)44(22-35)92-97-94-93-90/h6-15,22,29-31,36-37,39,41,43,46-52,74-78,80-82,90H,3-5,16-21,23-28H2,1-2H3,(H2,62,79)(H,63,87)(H,64,83)(H,66,84)(H,67,86)(H,68,85). The highest BCUT2D eigenvalue weighted by molar-refractivity contribution is 7.99. The van der Waals surface area contributed by atoms with Crippen LogP contribution in [-0.4, -0.2) is 253 Å². The van der Waals surface area contributed by atoms with Gasteiger partial charge in [0.2, 0.25) is 46.3 Å². The summed E-state index contributed by atoms with van der Waals surface area (Å²) in [6, 6.07) is 4.36. The molecule has 4 aliphatic rings. The van der Waals surface area contributed by atoms with Gasteiger partial charge in [-0.3, -0.25) is 38.4 Å². The summed E-state index contributed by atoms with van der Waals surface area (Å²) in [6.07, 6.45) is -11.2. The first-order valence-electron chi connectivity index (χ1n) is 31.2. The Bertz CT molecular complexity index is 3550. The molecule has 2 aromatic heterocycles. The van der Waals surface area contributed by atoms with Crippen molar-refractivity contribution in [1.29, 1.82) is 0 Å². The number of nitrogens with one attached hydrogen (secondary N) is 5. The van der Waals surface area contributed by atoms with E-state index in [4.69, 9.17) is 30.0 Å². The van der Waals surface area contributed by atoms with E-state index in [1.54, 1.807) is 22.8 Å². The molecule has 9 rings (SSSR count). The predicted molar refractivity (Wildman–Crippen MR) is 346 cm³/mol. The Hall–Kier alpha value is -7.82. The normalized spacial score (nSPS) is 25.5. The van der Waals surface area contributed by atoms with Crippen molar-refractivity contribution in [2.24, 2.45) is 11.7 Å². The number of carbonyl (C=O) groups is 8. The lowest BCUT2D eigenvalue weighted by atomic mass is 9.96. The third kappa shape index (κ3) is 18.5. The Balaban J connectivity index is 0.945. The lowest BCUT2D eigenvalue weighted by Crippen LogP contribution is -2.64. The van der Waals surface area contributed by atoms with Crippen LogP contribution in [0.4, 0.5) is 0 Å². The predicted octanol–water partition coefficient (Wildman–Crippen LogP) is -1.89. The number of benzene rings is 3. The Labute approximate surface area is 567 Å². The van der Waals surface area contributed by atoms with E-state index >= 15 is 0 Å². The Morgan fingerprint density at radius 2 is 1.49 bits per heavy atom. The summed E-state index contributed by atoms with van der Waals surface area (Å²) in [7, 11) is 0. The molecule has 16 N–H and O–H groups in total. The van der Waals surface area contributed by atoms with E-state index in [2.05, 4.69) is 40.9 Å². The average molecular weight is 1410 g/mol. The van der Waals surface area contributed by atoms with Crippen LogP contribution in [0.5, 0.6) is 17.2 Å². The van der Waals surface area contributed by atoms with Crippen molar-refractivity contribution in [3.63, 3.8) is 0 Å². The molecule has 0 radical (unpaired) electrons. The number of rotatable bonds is 22. The van der Waals surface area contributed by atoms with Crippen LogP contribution in [0.2, 0.25) is 0 Å². The van der Waals surface area contributed by atoms with Crippen LogP contribution in [0, 0.1) is 5.92 Å². The number of aromatic nitrogens is 3. The Morgan fingerprint density at radius 3 is 2.19 bits per heavy atom. The van der Waals surface area contributed by atoms with Crippen molar-refractivity contribution in [3.05, 3.63) is 84.1 Å². The van der Waals surface area contributed by atoms with Crippen LogP contribution in [0.3, 0.4) is 0 Å². The van der Waals surface area contributed by atoms with Gasteiger partial charge in [-0.25, -0.2) is 14.8 Å². The number of nitrogens with two attached hydrogens (primary N) is 1. The van der Waals surface area contributed by atoms with E-state index in [0.29, 0.717) is 27.8 Å². The lowest BCUT2D eigenvalue weighted by Gasteiger charge is -2.34. The maximum Gasteiger partial charge on any atom is 0.261 e. The third-order valence-electron chi connectivity index (χ3n) is 17.0. The number of imidazole rings is 1. The number of unbranched alkanes of at least 4 members (excludes halogenated alkanes) is 2. The number of hydrogen-bond acceptors (Lipinski definition) is 27. The van der Waals surface area contributed by atoms with Gasteiger partial charge in [0.25, 0.3) is 18.2 Å². The van der Waals surface area contributed by atoms with Crippen molar-refractivity contribution in [2.75, 3.05) is 57.4 Å². The van der Waals surface area contributed by atoms with Gasteiger partial charge in [0.05, 0.1) is 55.4 Å². The minimum Gasteiger partial charge on any atom is -0.504 e. The first kappa shape index (κ1) is 73.4. The van der Waals surface area contributed by atoms with Gasteiger partial charge in [-0.15, -0.1) is 0 Å². The number of aliphatic hydroxyl groups is 7. The van der Waals surface area contributed by atoms with Crippen LogP contribution in [0.15, 0.2) is 72.9 Å². The fraction of sp³-hybridized carbons (Fsp3) is 0.508. The molecule has 97 heavy (non-hydrogen) atoms. The van der Waals surface area contributed by atoms with Gasteiger partial charge in [-0.2, -0.15) is 16.9 Å². The number of amides is 8. The fourth-order valence-electron chi connectivity index (χ4n) is 11.7. The maximum atomic E-state index is 14.7. The smallest absolute Gasteiger partial charge is 0.261 e. The summed E-state index contributed by atoms with van der Waals surface area (Å²) in [5, 5.41) is 120. The van der Waals surface area contributed by atoms with Crippen LogP contribution < -0.4 is 41.2 Å². The summed E-state index contributed by atoms with van der Waals surface area (Å²) in [5.74, 6) is -8.76. The largest absolute Gasteiger partial charge is 0.504 e. The molecule has 5 aromatic rings. The number of hydrogen-bond donors (Lipinski definition) is 15. The Morgan fingerprint density at radius 1 is 0.804 bits per heavy atom. The zero-order chi connectivity index (χ0) is 69.8. The van der Waals surface area contributed by atoms with E-state index in [1.165, 1.54) is 41.9 Å². The molecule has 0 bridgehead atoms. The number of thioether (sulfide) groups is 1. The average Bonchev–Trinajstić information content (AvgIpc) is 1.73. The first-order chi connectivity index (χ1) is 46.4. The molecular formula is C61H78N12O21S3. The van der Waals surface area contributed by atoms with Crippen LogP contribution in [-0.2, 0) is 42.9 Å². The van der Waals surface area contributed by atoms with Crippen LogP contribution in [0.1, 0.15) is 74.4 Å². The van der Waals surface area contributed by atoms with Crippen LogP contribution >= 0.6 is 35.4 Å². The summed E-state index contributed by atoms with van der Waals surface area (Å²) in [4.78, 5) is 123. The van der Waals surface area contributed by atoms with Gasteiger partial charge in [-0.05, 0) is 86.8 Å². The summed E-state index contributed by atoms with van der Waals surface area (Å²) in [5.41, 5.74) is 6.99. The number of phenolic OH excluding ortho intramolecular Hbond substituents is 1. The molecule has 8 amide bonds. The van der Waals surface area contributed by atoms with Gasteiger partial charge < -0.3 is 96.8 Å². The molecule has 33 nitrogen and oxygen atoms in total. The monoisotopic (exact) mass is 1410 g/mol. The van der Waals surface area contributed by atoms with Gasteiger partial charge in [-0.1, -0.05) is 45.8 Å². The number of ether oxygens (including phenoxy) is 1. The molecule has 4 saturated heterocycles. The second-order valence-electron chi connectivity index (χ2n) is 24.1. The SMILES string of the molecule is CC(O)C1NC(=O)C(NC(=O)c2ccc(-c3cn4nc(-c5ccc(OCCCCCN6CCSCC6)cc5)sc4n3)cc2)CC(O)CNC(=O)C2C(O)C(C)CN2C(=O)C(C(O)CC(N)=O)NC(=O)C(C(O)C(O)c2ccc(O)c(OSOOO)c2)NC(=O)C2CC(O)CN2C1=O. The number of primary amides is 1. The molecule has 0 saturated carbocycles. The number of nitrogens with zero attached hydrogens (tertiary/aromatic N) is 6. The molecular weight excluding hydrogens is 1330 g/mol. The third-order valence-corrected chi connectivity index (χ3v) is 19.3. The second-order valence-corrected chi connectivity index (χ2v) is 26.7. The van der Waals surface area contributed by atoms with Crippen molar-refractivity contribution in [2.45, 2.75) is 131 Å². The number of fused-ring (bicyclic) bond motifs is 3. The summed E-state index contributed by atoms with van der Waals surface area (Å²) in [6.45, 7) is 4.75. The molecule has 14 atom stereocenters. The molecule has 0 aliphatic carbocycles. The van der Waals surface area contributed by atoms with Crippen LogP contribution in [0.25, 0.3) is 26.8 Å². The lowest BCUT2D eigenvalue weighted by molar-refractivity contribution is -0.433. The van der Waals surface area contributed by atoms with Gasteiger partial charge in [0.1, 0.15) is 59.2 Å². The maximum absolute atomic E-state index is 14.7. The zero-order valence-corrected chi connectivity index (χ0v) is 55.0. The molecule has 526 valence electrons. The van der Waals surface area contributed by atoms with Crippen molar-refractivity contribution >= 4 is 87.6 Å². The number of aromatic hydroxyl groups is 1. The summed E-state index contributed by atoms with van der Waals surface area (Å²) >= 11 is 3.34. The van der Waals surface area contributed by atoms with Crippen molar-refractivity contribution in [1.82, 2.24) is 55.9 Å². The Kier molecular flexibility index (Phi) is 25.5. The molecule has 6 heterocycles. The van der Waals surface area contributed by atoms with E-state index in [0.717, 1.165) is 85.1 Å². The molecule has 4 fully saturated rings. The summed E-state index contributed by atoms with van der Waals surface area (Å²) < 4.78 is 16.9. The molecule has 14 unspecified atom stereocenters. The molecule has 3 aromatic carbocycles. The van der Waals surface area contributed by atoms with Gasteiger partial charge in [0.15, 0.2) is 11.5 Å². The minimum absolute atomic E-state index is 0.0103. The second kappa shape index (κ2) is 33.6. The van der Waals surface area contributed by atoms with Gasteiger partial charge >= 0.3 is 0 Å². The molecule has 4 aliphatic heterocycles. The highest BCUT2D eigenvalue weighted by Gasteiger charge is 2.50. The van der Waals surface area contributed by atoms with Gasteiger partial charge in [0, 0.05) is 79.7 Å². The fourth-order valence-corrected chi connectivity index (χ4v) is 13.9. The quantitative estimate of drug-likeness (QED) is 0.0156. The number of β-amino-alcohol motifs (C(OH)–C–C–N with tert-alkyl or cyclic N) is 1. The highest BCUT2D eigenvalue weighted by atomic mass is 32.2. The zero-order valence-electron chi connectivity index (χ0n) is 52.5. The first-order valence-corrected chi connectivity index (χ1v) is 33.8. The van der Waals surface area contributed by atoms with Crippen molar-refractivity contribution in [3.8, 4) is 39.1 Å².